The minimum Gasteiger partial charge on any atom is -0.494 e. The van der Waals surface area contributed by atoms with Gasteiger partial charge in [-0.2, -0.15) is 0 Å². The summed E-state index contributed by atoms with van der Waals surface area (Å²) in [4.78, 5) is 6.93. The first-order valence-corrected chi connectivity index (χ1v) is 11.1. The summed E-state index contributed by atoms with van der Waals surface area (Å²) in [5, 5.41) is 3.68. The number of hydrogen-bond acceptors (Lipinski definition) is 4. The molecule has 6 nitrogen and oxygen atoms in total. The van der Waals surface area contributed by atoms with Gasteiger partial charge in [0.25, 0.3) is 0 Å². The van der Waals surface area contributed by atoms with Crippen molar-refractivity contribution in [2.75, 3.05) is 53.1 Å². The summed E-state index contributed by atoms with van der Waals surface area (Å²) in [7, 11) is 1.88. The van der Waals surface area contributed by atoms with E-state index >= 15 is 0 Å². The average molecular weight is 531 g/mol. The fourth-order valence-electron chi connectivity index (χ4n) is 4.45. The molecule has 3 rings (SSSR count). The van der Waals surface area contributed by atoms with Crippen LogP contribution >= 0.6 is 24.0 Å². The van der Waals surface area contributed by atoms with Crippen LogP contribution in [0.5, 0.6) is 5.75 Å². The van der Waals surface area contributed by atoms with Gasteiger partial charge in [-0.25, -0.2) is 0 Å². The highest BCUT2D eigenvalue weighted by atomic mass is 127. The molecule has 170 valence electrons. The molecule has 0 radical (unpaired) electrons. The van der Waals surface area contributed by atoms with Gasteiger partial charge in [-0.05, 0) is 57.2 Å². The third-order valence-corrected chi connectivity index (χ3v) is 6.17. The van der Waals surface area contributed by atoms with Crippen LogP contribution in [0, 0.1) is 0 Å². The predicted octanol–water partition coefficient (Wildman–Crippen LogP) is 3.83. The van der Waals surface area contributed by atoms with E-state index < -0.39 is 0 Å². The van der Waals surface area contributed by atoms with Gasteiger partial charge < -0.3 is 24.4 Å². The van der Waals surface area contributed by atoms with Gasteiger partial charge in [0.2, 0.25) is 0 Å². The summed E-state index contributed by atoms with van der Waals surface area (Å²) in [6.45, 7) is 10.0. The molecule has 2 fully saturated rings. The molecule has 2 aliphatic heterocycles. The van der Waals surface area contributed by atoms with Crippen LogP contribution < -0.4 is 10.1 Å². The van der Waals surface area contributed by atoms with Crippen LogP contribution in [0.1, 0.15) is 45.1 Å². The van der Waals surface area contributed by atoms with Crippen LogP contribution in [0.25, 0.3) is 0 Å². The van der Waals surface area contributed by atoms with Crippen molar-refractivity contribution in [2.24, 2.45) is 4.99 Å². The fourth-order valence-corrected chi connectivity index (χ4v) is 4.45. The van der Waals surface area contributed by atoms with E-state index in [1.165, 1.54) is 5.56 Å². The van der Waals surface area contributed by atoms with Crippen LogP contribution in [-0.4, -0.2) is 70.1 Å². The monoisotopic (exact) mass is 531 g/mol. The molecule has 2 heterocycles. The lowest BCUT2D eigenvalue weighted by Crippen LogP contribution is -2.51. The number of likely N-dealkylation sites (tertiary alicyclic amines) is 1. The lowest BCUT2D eigenvalue weighted by molar-refractivity contribution is 0.0259. The quantitative estimate of drug-likeness (QED) is 0.330. The number of piperidine rings is 1. The summed E-state index contributed by atoms with van der Waals surface area (Å²) in [5.74, 6) is 1.93. The molecule has 0 atom stereocenters. The molecule has 7 heteroatoms. The molecule has 0 aliphatic carbocycles. The molecule has 0 amide bonds. The zero-order valence-electron chi connectivity index (χ0n) is 18.7. The van der Waals surface area contributed by atoms with Gasteiger partial charge in [0.15, 0.2) is 5.96 Å². The standard InChI is InChI=1S/C23H37N3O3.HI/c1-4-28-20-8-6-19(7-9-20)23(12-16-27-17-13-23)18-25-22(24-3)26-14-10-21(11-15-26)29-5-2;/h6-9,21H,4-5,10-18H2,1-3H3,(H,24,25);1H. The molecule has 1 aromatic carbocycles. The van der Waals surface area contributed by atoms with Crippen molar-refractivity contribution >= 4 is 29.9 Å². The minimum atomic E-state index is 0. The second-order valence-electron chi connectivity index (χ2n) is 7.89. The molecular weight excluding hydrogens is 493 g/mol. The topological polar surface area (TPSA) is 55.3 Å². The molecule has 0 unspecified atom stereocenters. The molecule has 2 saturated heterocycles. The Bertz CT molecular complexity index is 640. The molecule has 1 N–H and O–H groups in total. The zero-order chi connectivity index (χ0) is 20.5. The largest absolute Gasteiger partial charge is 0.494 e. The number of rotatable bonds is 7. The van der Waals surface area contributed by atoms with Crippen molar-refractivity contribution in [3.8, 4) is 5.75 Å². The van der Waals surface area contributed by atoms with E-state index in [9.17, 15) is 0 Å². The third-order valence-electron chi connectivity index (χ3n) is 6.17. The van der Waals surface area contributed by atoms with Crippen LogP contribution in [0.3, 0.4) is 0 Å². The second-order valence-corrected chi connectivity index (χ2v) is 7.89. The number of ether oxygens (including phenoxy) is 3. The highest BCUT2D eigenvalue weighted by molar-refractivity contribution is 14.0. The SMILES string of the molecule is CCOc1ccc(C2(CNC(=NC)N3CCC(OCC)CC3)CCOCC2)cc1.I. The van der Waals surface area contributed by atoms with Gasteiger partial charge in [-0.3, -0.25) is 4.99 Å². The van der Waals surface area contributed by atoms with Crippen LogP contribution in [-0.2, 0) is 14.9 Å². The molecule has 0 aromatic heterocycles. The highest BCUT2D eigenvalue weighted by Crippen LogP contribution is 2.35. The zero-order valence-corrected chi connectivity index (χ0v) is 21.0. The Balaban J connectivity index is 0.00000320. The Morgan fingerprint density at radius 1 is 1.13 bits per heavy atom. The average Bonchev–Trinajstić information content (AvgIpc) is 2.77. The number of aliphatic imine (C=N–C) groups is 1. The molecule has 0 saturated carbocycles. The third kappa shape index (κ3) is 6.47. The number of guanidine groups is 1. The van der Waals surface area contributed by atoms with E-state index in [0.29, 0.717) is 12.7 Å². The van der Waals surface area contributed by atoms with Gasteiger partial charge in [0.1, 0.15) is 5.75 Å². The Labute approximate surface area is 198 Å². The van der Waals surface area contributed by atoms with Gasteiger partial charge in [-0.1, -0.05) is 12.1 Å². The summed E-state index contributed by atoms with van der Waals surface area (Å²) < 4.78 is 17.1. The number of halogens is 1. The van der Waals surface area contributed by atoms with Crippen molar-refractivity contribution < 1.29 is 14.2 Å². The molecule has 1 aromatic rings. The summed E-state index contributed by atoms with van der Waals surface area (Å²) in [6, 6.07) is 8.61. The Hall–Kier alpha value is -1.06. The first-order valence-electron chi connectivity index (χ1n) is 11.1. The van der Waals surface area contributed by atoms with Crippen molar-refractivity contribution in [3.05, 3.63) is 29.8 Å². The van der Waals surface area contributed by atoms with Gasteiger partial charge in [0.05, 0.1) is 12.7 Å². The lowest BCUT2D eigenvalue weighted by atomic mass is 9.74. The van der Waals surface area contributed by atoms with Crippen LogP contribution in [0.4, 0.5) is 0 Å². The minimum absolute atomic E-state index is 0. The van der Waals surface area contributed by atoms with Crippen molar-refractivity contribution in [2.45, 2.75) is 51.0 Å². The molecule has 0 bridgehead atoms. The first-order chi connectivity index (χ1) is 14.2. The van der Waals surface area contributed by atoms with E-state index in [4.69, 9.17) is 14.2 Å². The van der Waals surface area contributed by atoms with E-state index in [2.05, 4.69) is 46.4 Å². The molecule has 2 aliphatic rings. The normalized spacial score (nSPS) is 19.8. The second kappa shape index (κ2) is 12.7. The van der Waals surface area contributed by atoms with Crippen molar-refractivity contribution in [1.29, 1.82) is 0 Å². The number of benzene rings is 1. The molecule has 0 spiro atoms. The van der Waals surface area contributed by atoms with E-state index in [-0.39, 0.29) is 29.4 Å². The van der Waals surface area contributed by atoms with Gasteiger partial charge in [0, 0.05) is 51.9 Å². The van der Waals surface area contributed by atoms with Crippen molar-refractivity contribution in [3.63, 3.8) is 0 Å². The maximum absolute atomic E-state index is 5.79. The van der Waals surface area contributed by atoms with E-state index in [0.717, 1.165) is 76.8 Å². The highest BCUT2D eigenvalue weighted by Gasteiger charge is 2.35. The Morgan fingerprint density at radius 3 is 2.37 bits per heavy atom. The molecule has 30 heavy (non-hydrogen) atoms. The van der Waals surface area contributed by atoms with Gasteiger partial charge >= 0.3 is 0 Å². The number of nitrogens with one attached hydrogen (secondary N) is 1. The maximum atomic E-state index is 5.79. The lowest BCUT2D eigenvalue weighted by Gasteiger charge is -2.40. The number of nitrogens with zero attached hydrogens (tertiary/aromatic N) is 2. The predicted molar refractivity (Wildman–Crippen MR) is 132 cm³/mol. The van der Waals surface area contributed by atoms with E-state index in [1.807, 2.05) is 14.0 Å². The van der Waals surface area contributed by atoms with E-state index in [1.54, 1.807) is 0 Å². The van der Waals surface area contributed by atoms with Crippen molar-refractivity contribution in [1.82, 2.24) is 10.2 Å². The smallest absolute Gasteiger partial charge is 0.193 e. The summed E-state index contributed by atoms with van der Waals surface area (Å²) >= 11 is 0. The maximum Gasteiger partial charge on any atom is 0.193 e. The Morgan fingerprint density at radius 2 is 1.80 bits per heavy atom. The number of hydrogen-bond donors (Lipinski definition) is 1. The van der Waals surface area contributed by atoms with Gasteiger partial charge in [-0.15, -0.1) is 24.0 Å². The fraction of sp³-hybridized carbons (Fsp3) is 0.696. The van der Waals surface area contributed by atoms with Crippen LogP contribution in [0.2, 0.25) is 0 Å². The molecular formula is C23H38IN3O3. The summed E-state index contributed by atoms with van der Waals surface area (Å²) in [5.41, 5.74) is 1.41. The first kappa shape index (κ1) is 25.2. The summed E-state index contributed by atoms with van der Waals surface area (Å²) in [6.07, 6.45) is 4.54. The van der Waals surface area contributed by atoms with Crippen LogP contribution in [0.15, 0.2) is 29.3 Å². The Kier molecular flexibility index (Phi) is 10.7.